The van der Waals surface area contributed by atoms with Gasteiger partial charge in [0.2, 0.25) is 0 Å². The van der Waals surface area contributed by atoms with Gasteiger partial charge in [-0.2, -0.15) is 0 Å². The van der Waals surface area contributed by atoms with Gasteiger partial charge >= 0.3 is 11.9 Å². The summed E-state index contributed by atoms with van der Waals surface area (Å²) >= 11 is 0. The maximum absolute atomic E-state index is 12.9. The maximum Gasteiger partial charge on any atom is 0.323 e. The van der Waals surface area contributed by atoms with Crippen molar-refractivity contribution in [2.24, 2.45) is 22.7 Å². The molecule has 5 heteroatoms. The molecule has 0 aromatic heterocycles. The van der Waals surface area contributed by atoms with Gasteiger partial charge in [0.05, 0.1) is 20.3 Å². The second-order valence-electron chi connectivity index (χ2n) is 9.27. The highest BCUT2D eigenvalue weighted by Gasteiger charge is 2.57. The highest BCUT2D eigenvalue weighted by atomic mass is 16.6. The van der Waals surface area contributed by atoms with Crippen LogP contribution in [0.5, 0.6) is 5.75 Å². The molecule has 0 radical (unpaired) electrons. The number of hydrogen-bond donors (Lipinski definition) is 0. The molecular formula is C24H36O5. The molecule has 0 unspecified atom stereocenters. The van der Waals surface area contributed by atoms with Crippen LogP contribution in [-0.2, 0) is 25.5 Å². The van der Waals surface area contributed by atoms with Crippen molar-refractivity contribution in [2.45, 2.75) is 60.3 Å². The molecule has 1 aliphatic carbocycles. The molecule has 2 rings (SSSR count). The van der Waals surface area contributed by atoms with E-state index in [4.69, 9.17) is 14.2 Å². The maximum atomic E-state index is 12.9. The van der Waals surface area contributed by atoms with Crippen LogP contribution in [0.25, 0.3) is 0 Å². The van der Waals surface area contributed by atoms with Crippen LogP contribution in [0, 0.1) is 22.7 Å². The van der Waals surface area contributed by atoms with Gasteiger partial charge in [0.1, 0.15) is 5.75 Å². The summed E-state index contributed by atoms with van der Waals surface area (Å²) < 4.78 is 15.9. The first-order valence-electron chi connectivity index (χ1n) is 10.6. The Morgan fingerprint density at radius 2 is 1.48 bits per heavy atom. The molecule has 0 heterocycles. The fraction of sp³-hybridized carbons (Fsp3) is 0.667. The Morgan fingerprint density at radius 1 is 0.966 bits per heavy atom. The van der Waals surface area contributed by atoms with Crippen LogP contribution < -0.4 is 4.74 Å². The van der Waals surface area contributed by atoms with Gasteiger partial charge in [-0.1, -0.05) is 32.9 Å². The molecule has 0 amide bonds. The van der Waals surface area contributed by atoms with E-state index in [9.17, 15) is 9.59 Å². The summed E-state index contributed by atoms with van der Waals surface area (Å²) in [5, 5.41) is 0. The number of esters is 2. The highest BCUT2D eigenvalue weighted by molar-refractivity contribution is 6.00. The summed E-state index contributed by atoms with van der Waals surface area (Å²) in [6.07, 6.45) is 2.71. The molecule has 1 aromatic carbocycles. The normalized spacial score (nSPS) is 20.9. The number of hydrogen-bond acceptors (Lipinski definition) is 5. The molecule has 0 aliphatic heterocycles. The average Bonchev–Trinajstić information content (AvgIpc) is 3.00. The summed E-state index contributed by atoms with van der Waals surface area (Å²) in [4.78, 5) is 25.9. The zero-order valence-corrected chi connectivity index (χ0v) is 18.7. The van der Waals surface area contributed by atoms with E-state index < -0.39 is 17.4 Å². The van der Waals surface area contributed by atoms with E-state index in [1.807, 2.05) is 12.1 Å². The standard InChI is InChI=1S/C24H36O5/c1-7-28-21(25)24(22(26)29-8-2)15-18(19(16-24)14-23(3,4)5)13-17-9-11-20(27-6)12-10-17/h9-12,18-19H,7-8,13-16H2,1-6H3/t18-,19+/m0/s1. The SMILES string of the molecule is CCOC(=O)C1(C(=O)OCC)C[C@@H](CC(C)(C)C)[C@@H](Cc2ccc(OC)cc2)C1. The average molecular weight is 405 g/mol. The molecule has 0 N–H and O–H groups in total. The lowest BCUT2D eigenvalue weighted by molar-refractivity contribution is -0.172. The van der Waals surface area contributed by atoms with Crippen molar-refractivity contribution in [2.75, 3.05) is 20.3 Å². The van der Waals surface area contributed by atoms with E-state index >= 15 is 0 Å². The molecule has 0 spiro atoms. The van der Waals surface area contributed by atoms with Gasteiger partial charge < -0.3 is 14.2 Å². The molecule has 2 atom stereocenters. The van der Waals surface area contributed by atoms with Crippen LogP contribution in [-0.4, -0.2) is 32.3 Å². The lowest BCUT2D eigenvalue weighted by Gasteiger charge is -2.28. The topological polar surface area (TPSA) is 61.8 Å². The van der Waals surface area contributed by atoms with Gasteiger partial charge in [-0.05, 0) is 74.5 Å². The number of carbonyl (C=O) groups is 2. The van der Waals surface area contributed by atoms with Crippen molar-refractivity contribution in [1.82, 2.24) is 0 Å². The Bertz CT molecular complexity index is 668. The second-order valence-corrected chi connectivity index (χ2v) is 9.27. The van der Waals surface area contributed by atoms with Gasteiger partial charge in [-0.15, -0.1) is 0 Å². The summed E-state index contributed by atoms with van der Waals surface area (Å²) in [7, 11) is 1.65. The molecule has 0 bridgehead atoms. The molecular weight excluding hydrogens is 368 g/mol. The first-order valence-corrected chi connectivity index (χ1v) is 10.6. The van der Waals surface area contributed by atoms with Crippen molar-refractivity contribution >= 4 is 11.9 Å². The first kappa shape index (κ1) is 23.2. The van der Waals surface area contributed by atoms with E-state index in [1.165, 1.54) is 5.56 Å². The van der Waals surface area contributed by atoms with E-state index in [0.717, 1.165) is 18.6 Å². The summed E-state index contributed by atoms with van der Waals surface area (Å²) in [6, 6.07) is 8.02. The van der Waals surface area contributed by atoms with Gasteiger partial charge in [-0.3, -0.25) is 9.59 Å². The molecule has 5 nitrogen and oxygen atoms in total. The molecule has 1 aliphatic rings. The quantitative estimate of drug-likeness (QED) is 0.459. The molecule has 1 saturated carbocycles. The lowest BCUT2D eigenvalue weighted by Crippen LogP contribution is -2.40. The number of methoxy groups -OCH3 is 1. The Morgan fingerprint density at radius 3 is 1.93 bits per heavy atom. The van der Waals surface area contributed by atoms with Crippen LogP contribution >= 0.6 is 0 Å². The molecule has 0 saturated heterocycles. The number of benzene rings is 1. The van der Waals surface area contributed by atoms with E-state index in [0.29, 0.717) is 12.8 Å². The van der Waals surface area contributed by atoms with Crippen molar-refractivity contribution in [3.05, 3.63) is 29.8 Å². The summed E-state index contributed by atoms with van der Waals surface area (Å²) in [5.41, 5.74) is 0.0830. The monoisotopic (exact) mass is 404 g/mol. The fourth-order valence-corrected chi connectivity index (χ4v) is 4.60. The van der Waals surface area contributed by atoms with Crippen LogP contribution in [0.2, 0.25) is 0 Å². The van der Waals surface area contributed by atoms with Crippen LogP contribution in [0.1, 0.15) is 59.4 Å². The van der Waals surface area contributed by atoms with Crippen LogP contribution in [0.3, 0.4) is 0 Å². The predicted octanol–water partition coefficient (Wildman–Crippen LogP) is 4.81. The van der Waals surface area contributed by atoms with E-state index in [-0.39, 0.29) is 30.5 Å². The zero-order valence-electron chi connectivity index (χ0n) is 18.7. The van der Waals surface area contributed by atoms with Crippen molar-refractivity contribution in [1.29, 1.82) is 0 Å². The van der Waals surface area contributed by atoms with Crippen molar-refractivity contribution in [3.63, 3.8) is 0 Å². The lowest BCUT2D eigenvalue weighted by atomic mass is 9.78. The molecule has 1 fully saturated rings. The van der Waals surface area contributed by atoms with Crippen LogP contribution in [0.15, 0.2) is 24.3 Å². The third-order valence-electron chi connectivity index (χ3n) is 5.75. The van der Waals surface area contributed by atoms with Gasteiger partial charge in [0, 0.05) is 0 Å². The minimum Gasteiger partial charge on any atom is -0.497 e. The minimum atomic E-state index is -1.20. The Hall–Kier alpha value is -2.04. The molecule has 1 aromatic rings. The highest BCUT2D eigenvalue weighted by Crippen LogP contribution is 2.52. The van der Waals surface area contributed by atoms with Gasteiger partial charge in [0.25, 0.3) is 0 Å². The minimum absolute atomic E-state index is 0.0994. The van der Waals surface area contributed by atoms with Crippen molar-refractivity contribution in [3.8, 4) is 5.75 Å². The van der Waals surface area contributed by atoms with Gasteiger partial charge in [-0.25, -0.2) is 0 Å². The second kappa shape index (κ2) is 9.64. The predicted molar refractivity (Wildman–Crippen MR) is 113 cm³/mol. The molecule has 29 heavy (non-hydrogen) atoms. The third kappa shape index (κ3) is 5.74. The molecule has 162 valence electrons. The number of rotatable bonds is 8. The van der Waals surface area contributed by atoms with Crippen LogP contribution in [0.4, 0.5) is 0 Å². The Labute approximate surface area is 175 Å². The Balaban J connectivity index is 2.34. The fourth-order valence-electron chi connectivity index (χ4n) is 4.60. The largest absolute Gasteiger partial charge is 0.497 e. The Kier molecular flexibility index (Phi) is 7.73. The van der Waals surface area contributed by atoms with Gasteiger partial charge in [0.15, 0.2) is 5.41 Å². The summed E-state index contributed by atoms with van der Waals surface area (Å²) in [5.74, 6) is 0.394. The van der Waals surface area contributed by atoms with Crippen molar-refractivity contribution < 1.29 is 23.8 Å². The summed E-state index contributed by atoms with van der Waals surface area (Å²) in [6.45, 7) is 10.7. The third-order valence-corrected chi connectivity index (χ3v) is 5.75. The smallest absolute Gasteiger partial charge is 0.323 e. The van der Waals surface area contributed by atoms with E-state index in [1.54, 1.807) is 21.0 Å². The first-order chi connectivity index (χ1) is 13.6. The number of carbonyl (C=O) groups excluding carboxylic acids is 2. The zero-order chi connectivity index (χ0) is 21.7. The van der Waals surface area contributed by atoms with E-state index in [2.05, 4.69) is 32.9 Å². The number of ether oxygens (including phenoxy) is 3.